The van der Waals surface area contributed by atoms with Gasteiger partial charge < -0.3 is 12.6 Å². The molecule has 1 aromatic rings. The number of benzene rings is 1. The molecule has 3 aliphatic rings. The van der Waals surface area contributed by atoms with Gasteiger partial charge in [0, 0.05) is 5.69 Å². The van der Waals surface area contributed by atoms with Gasteiger partial charge in [0.1, 0.15) is 0 Å². The summed E-state index contributed by atoms with van der Waals surface area (Å²) in [5.74, 6) is 0.683. The van der Waals surface area contributed by atoms with Gasteiger partial charge in [-0.05, 0) is 37.2 Å². The second-order valence-electron chi connectivity index (χ2n) is 5.86. The van der Waals surface area contributed by atoms with Gasteiger partial charge in [-0.25, -0.2) is 0 Å². The molecule has 3 nitrogen and oxygen atoms in total. The minimum absolute atomic E-state index is 0.0144. The van der Waals surface area contributed by atoms with Crippen LogP contribution in [0, 0.1) is 23.7 Å². The smallest absolute Gasteiger partial charge is 0.237 e. The summed E-state index contributed by atoms with van der Waals surface area (Å²) in [4.78, 5) is 27.1. The Morgan fingerprint density at radius 1 is 1.00 bits per heavy atom. The molecule has 4 atom stereocenters. The van der Waals surface area contributed by atoms with Crippen molar-refractivity contribution in [1.29, 1.82) is 0 Å². The largest absolute Gasteiger partial charge is 0.778 e. The van der Waals surface area contributed by atoms with Crippen LogP contribution in [-0.4, -0.2) is 11.8 Å². The Hall–Kier alpha value is -1.42. The summed E-state index contributed by atoms with van der Waals surface area (Å²) in [6.45, 7) is 0. The average Bonchev–Trinajstić information content (AvgIpc) is 3.06. The highest BCUT2D eigenvalue weighted by atomic mass is 32.1. The Kier molecular flexibility index (Phi) is 2.28. The molecule has 2 aliphatic carbocycles. The molecule has 0 N–H and O–H groups in total. The zero-order valence-electron chi connectivity index (χ0n) is 10.4. The van der Waals surface area contributed by atoms with Crippen molar-refractivity contribution in [3.8, 4) is 0 Å². The van der Waals surface area contributed by atoms with E-state index < -0.39 is 0 Å². The fourth-order valence-corrected chi connectivity index (χ4v) is 4.53. The molecule has 98 valence electrons. The first-order chi connectivity index (χ1) is 9.18. The van der Waals surface area contributed by atoms with Crippen LogP contribution < -0.4 is 4.90 Å². The van der Waals surface area contributed by atoms with E-state index in [2.05, 4.69) is 0 Å². The Balaban J connectivity index is 1.78. The molecule has 19 heavy (non-hydrogen) atoms. The van der Waals surface area contributed by atoms with Crippen molar-refractivity contribution in [3.63, 3.8) is 0 Å². The normalized spacial score (nSPS) is 36.1. The lowest BCUT2D eigenvalue weighted by Crippen LogP contribution is -2.33. The average molecular weight is 272 g/mol. The van der Waals surface area contributed by atoms with Crippen LogP contribution in [0.25, 0.3) is 0 Å². The number of amides is 2. The minimum Gasteiger partial charge on any atom is -0.778 e. The molecule has 2 saturated carbocycles. The number of carbonyl (C=O) groups excluding carboxylic acids is 2. The second kappa shape index (κ2) is 3.79. The van der Waals surface area contributed by atoms with Gasteiger partial charge >= 0.3 is 0 Å². The quantitative estimate of drug-likeness (QED) is 0.580. The molecule has 2 amide bonds. The highest BCUT2D eigenvalue weighted by molar-refractivity contribution is 7.59. The van der Waals surface area contributed by atoms with E-state index in [0.29, 0.717) is 22.4 Å². The summed E-state index contributed by atoms with van der Waals surface area (Å²) < 4.78 is 0. The van der Waals surface area contributed by atoms with Gasteiger partial charge in [0.15, 0.2) is 0 Å². The number of carbonyl (C=O) groups is 2. The van der Waals surface area contributed by atoms with Gasteiger partial charge in [0.2, 0.25) is 11.8 Å². The standard InChI is InChI=1S/C15H15NO2S/c17-14-12-8-5-6-9(7-8)13(12)15(18)16(14)10-3-1-2-4-11(10)19/h1-4,8-9,12-13,19H,5-7H2/p-1/t8-,9-,12-,13+/m1/s1. The third kappa shape index (κ3) is 1.38. The monoisotopic (exact) mass is 272 g/mol. The van der Waals surface area contributed by atoms with Gasteiger partial charge in [0.05, 0.1) is 11.8 Å². The number of hydrogen-bond donors (Lipinski definition) is 0. The highest BCUT2D eigenvalue weighted by Crippen LogP contribution is 2.56. The Morgan fingerprint density at radius 2 is 1.58 bits per heavy atom. The van der Waals surface area contributed by atoms with Crippen LogP contribution in [-0.2, 0) is 22.2 Å². The predicted octanol–water partition coefficient (Wildman–Crippen LogP) is 2.13. The zero-order valence-corrected chi connectivity index (χ0v) is 11.2. The maximum absolute atomic E-state index is 12.6. The fourth-order valence-electron chi connectivity index (χ4n) is 4.29. The van der Waals surface area contributed by atoms with Crippen LogP contribution in [0.2, 0.25) is 0 Å². The summed E-state index contributed by atoms with van der Waals surface area (Å²) in [6, 6.07) is 7.21. The number of hydrogen-bond acceptors (Lipinski definition) is 3. The highest BCUT2D eigenvalue weighted by Gasteiger charge is 2.61. The van der Waals surface area contributed by atoms with E-state index in [1.807, 2.05) is 12.1 Å². The van der Waals surface area contributed by atoms with Gasteiger partial charge in [0.25, 0.3) is 0 Å². The van der Waals surface area contributed by atoms with Crippen molar-refractivity contribution < 1.29 is 9.59 Å². The number of para-hydroxylation sites is 1. The third-order valence-corrected chi connectivity index (χ3v) is 5.38. The van der Waals surface area contributed by atoms with E-state index in [-0.39, 0.29) is 23.7 Å². The van der Waals surface area contributed by atoms with Crippen molar-refractivity contribution in [2.45, 2.75) is 24.2 Å². The third-order valence-electron chi connectivity index (χ3n) is 5.03. The van der Waals surface area contributed by atoms with Crippen molar-refractivity contribution in [1.82, 2.24) is 0 Å². The first kappa shape index (κ1) is 11.4. The molecule has 1 aromatic carbocycles. The topological polar surface area (TPSA) is 37.4 Å². The van der Waals surface area contributed by atoms with E-state index in [1.165, 1.54) is 4.90 Å². The summed E-state index contributed by atoms with van der Waals surface area (Å²) in [6.07, 6.45) is 3.28. The molecule has 0 radical (unpaired) electrons. The fraction of sp³-hybridized carbons (Fsp3) is 0.467. The Labute approximate surface area is 117 Å². The molecular weight excluding hydrogens is 258 g/mol. The minimum atomic E-state index is -0.0687. The number of nitrogens with zero attached hydrogens (tertiary/aromatic N) is 1. The molecule has 2 bridgehead atoms. The Morgan fingerprint density at radius 3 is 2.16 bits per heavy atom. The van der Waals surface area contributed by atoms with Crippen molar-refractivity contribution in [2.24, 2.45) is 23.7 Å². The van der Waals surface area contributed by atoms with Crippen LogP contribution in [0.1, 0.15) is 19.3 Å². The molecule has 0 aromatic heterocycles. The molecule has 4 heteroatoms. The van der Waals surface area contributed by atoms with Gasteiger partial charge in [-0.3, -0.25) is 14.5 Å². The summed E-state index contributed by atoms with van der Waals surface area (Å²) >= 11 is 5.25. The molecule has 1 aliphatic heterocycles. The molecule has 1 saturated heterocycles. The first-order valence-corrected chi connectivity index (χ1v) is 7.23. The number of rotatable bonds is 1. The van der Waals surface area contributed by atoms with Crippen molar-refractivity contribution in [2.75, 3.05) is 4.90 Å². The molecule has 3 fully saturated rings. The summed E-state index contributed by atoms with van der Waals surface area (Å²) in [5, 5.41) is 0. The number of imide groups is 1. The predicted molar refractivity (Wildman–Crippen MR) is 72.4 cm³/mol. The summed E-state index contributed by atoms with van der Waals surface area (Å²) in [5.41, 5.74) is 0.598. The summed E-state index contributed by atoms with van der Waals surface area (Å²) in [7, 11) is 0. The van der Waals surface area contributed by atoms with E-state index in [9.17, 15) is 9.59 Å². The van der Waals surface area contributed by atoms with E-state index in [4.69, 9.17) is 12.6 Å². The second-order valence-corrected chi connectivity index (χ2v) is 6.30. The maximum atomic E-state index is 12.6. The first-order valence-electron chi connectivity index (χ1n) is 6.82. The molecule has 1 heterocycles. The van der Waals surface area contributed by atoms with Crippen molar-refractivity contribution >= 4 is 30.1 Å². The SMILES string of the molecule is O=C1[C@@H]2[C@@H]3CC[C@H](C3)[C@@H]2C(=O)N1c1ccccc1[S-]. The van der Waals surface area contributed by atoms with Gasteiger partial charge in [-0.15, -0.1) is 0 Å². The molecule has 0 spiro atoms. The maximum Gasteiger partial charge on any atom is 0.237 e. The van der Waals surface area contributed by atoms with Gasteiger partial charge in [-0.2, -0.15) is 4.90 Å². The lowest BCUT2D eigenvalue weighted by Gasteiger charge is -2.23. The van der Waals surface area contributed by atoms with Gasteiger partial charge in [-0.1, -0.05) is 18.2 Å². The van der Waals surface area contributed by atoms with Crippen LogP contribution in [0.4, 0.5) is 5.69 Å². The van der Waals surface area contributed by atoms with Crippen LogP contribution in [0.3, 0.4) is 0 Å². The van der Waals surface area contributed by atoms with Crippen LogP contribution >= 0.6 is 0 Å². The number of fused-ring (bicyclic) bond motifs is 5. The molecule has 4 rings (SSSR count). The van der Waals surface area contributed by atoms with E-state index in [0.717, 1.165) is 19.3 Å². The van der Waals surface area contributed by atoms with E-state index in [1.54, 1.807) is 12.1 Å². The molecular formula is C15H14NO2S-. The van der Waals surface area contributed by atoms with Crippen molar-refractivity contribution in [3.05, 3.63) is 24.3 Å². The van der Waals surface area contributed by atoms with Crippen LogP contribution in [0.15, 0.2) is 29.2 Å². The van der Waals surface area contributed by atoms with E-state index >= 15 is 0 Å². The lowest BCUT2D eigenvalue weighted by molar-refractivity contribution is -0.123. The Bertz CT molecular complexity index is 557. The van der Waals surface area contributed by atoms with Crippen LogP contribution in [0.5, 0.6) is 0 Å². The zero-order chi connectivity index (χ0) is 13.1. The lowest BCUT2D eigenvalue weighted by atomic mass is 9.81. The molecule has 0 unspecified atom stereocenters. The number of anilines is 1.